The van der Waals surface area contributed by atoms with Gasteiger partial charge in [0.2, 0.25) is 0 Å². The molecule has 0 fully saturated rings. The number of aryl methyl sites for hydroxylation is 1. The molecule has 0 radical (unpaired) electrons. The first kappa shape index (κ1) is 15.5. The van der Waals surface area contributed by atoms with Gasteiger partial charge in [0, 0.05) is 23.5 Å². The van der Waals surface area contributed by atoms with Crippen molar-refractivity contribution < 1.29 is 4.74 Å². The van der Waals surface area contributed by atoms with E-state index in [4.69, 9.17) is 4.74 Å². The molecule has 0 saturated heterocycles. The van der Waals surface area contributed by atoms with Crippen molar-refractivity contribution in [3.8, 4) is 5.75 Å². The van der Waals surface area contributed by atoms with Gasteiger partial charge in [-0.2, -0.15) is 0 Å². The summed E-state index contributed by atoms with van der Waals surface area (Å²) in [5.41, 5.74) is 6.37. The fraction of sp³-hybridized carbons (Fsp3) is 0.130. The molecule has 4 rings (SSSR count). The Bertz CT molecular complexity index is 897. The number of methoxy groups -OCH3 is 1. The average molecular weight is 327 g/mol. The molecule has 1 aliphatic heterocycles. The normalized spacial score (nSPS) is 15.8. The van der Waals surface area contributed by atoms with Crippen molar-refractivity contribution in [1.29, 1.82) is 0 Å². The Balaban J connectivity index is 1.82. The average Bonchev–Trinajstić information content (AvgIpc) is 2.68. The molecule has 1 aliphatic rings. The third kappa shape index (κ3) is 2.80. The van der Waals surface area contributed by atoms with E-state index in [-0.39, 0.29) is 5.92 Å². The van der Waals surface area contributed by atoms with Crippen molar-refractivity contribution in [2.75, 3.05) is 12.0 Å². The van der Waals surface area contributed by atoms with Gasteiger partial charge in [-0.3, -0.25) is 0 Å². The lowest BCUT2D eigenvalue weighted by Gasteiger charge is -2.32. The summed E-state index contributed by atoms with van der Waals surface area (Å²) in [6.45, 7) is 2.19. The summed E-state index contributed by atoms with van der Waals surface area (Å²) in [7, 11) is 1.70. The molecule has 0 spiro atoms. The molecule has 0 saturated carbocycles. The van der Waals surface area contributed by atoms with Crippen LogP contribution in [0.1, 0.15) is 22.6 Å². The molecule has 2 nitrogen and oxygen atoms in total. The monoisotopic (exact) mass is 327 g/mol. The zero-order valence-corrected chi connectivity index (χ0v) is 14.5. The molecule has 0 bridgehead atoms. The molecule has 0 aromatic heterocycles. The molecule has 0 N–H and O–H groups in total. The zero-order valence-electron chi connectivity index (χ0n) is 14.5. The number of anilines is 2. The summed E-state index contributed by atoms with van der Waals surface area (Å²) < 4.78 is 5.30. The summed E-state index contributed by atoms with van der Waals surface area (Å²) in [4.78, 5) is 2.27. The third-order valence-electron chi connectivity index (χ3n) is 4.81. The third-order valence-corrected chi connectivity index (χ3v) is 4.81. The number of fused-ring (bicyclic) bond motifs is 1. The minimum absolute atomic E-state index is 0.252. The Morgan fingerprint density at radius 3 is 2.32 bits per heavy atom. The Kier molecular flexibility index (Phi) is 4.02. The number of nitrogens with zero attached hydrogens (tertiary/aromatic N) is 1. The molecule has 25 heavy (non-hydrogen) atoms. The van der Waals surface area contributed by atoms with Crippen LogP contribution in [0.25, 0.3) is 0 Å². The first-order chi connectivity index (χ1) is 12.3. The highest BCUT2D eigenvalue weighted by atomic mass is 16.5. The number of rotatable bonds is 3. The van der Waals surface area contributed by atoms with Crippen LogP contribution in [-0.2, 0) is 0 Å². The second kappa shape index (κ2) is 6.48. The predicted molar refractivity (Wildman–Crippen MR) is 104 cm³/mol. The number of hydrogen-bond donors (Lipinski definition) is 0. The molecular formula is C23H21NO. The lowest BCUT2D eigenvalue weighted by molar-refractivity contribution is 0.414. The maximum absolute atomic E-state index is 5.30. The highest BCUT2D eigenvalue weighted by molar-refractivity contribution is 5.74. The van der Waals surface area contributed by atoms with Crippen LogP contribution in [0.5, 0.6) is 5.75 Å². The van der Waals surface area contributed by atoms with Crippen LogP contribution in [0, 0.1) is 6.92 Å². The smallest absolute Gasteiger partial charge is 0.118 e. The topological polar surface area (TPSA) is 12.5 Å². The van der Waals surface area contributed by atoms with Gasteiger partial charge in [0.25, 0.3) is 0 Å². The van der Waals surface area contributed by atoms with Crippen LogP contribution < -0.4 is 9.64 Å². The Labute approximate surface area is 149 Å². The second-order valence-electron chi connectivity index (χ2n) is 6.31. The zero-order chi connectivity index (χ0) is 17.2. The summed E-state index contributed by atoms with van der Waals surface area (Å²) in [6, 6.07) is 25.4. The highest BCUT2D eigenvalue weighted by Crippen LogP contribution is 2.42. The van der Waals surface area contributed by atoms with E-state index in [2.05, 4.69) is 84.8 Å². The van der Waals surface area contributed by atoms with Gasteiger partial charge < -0.3 is 9.64 Å². The number of allylic oxidation sites excluding steroid dienone is 1. The summed E-state index contributed by atoms with van der Waals surface area (Å²) >= 11 is 0. The number of benzene rings is 3. The Morgan fingerprint density at radius 2 is 1.60 bits per heavy atom. The number of para-hydroxylation sites is 1. The van der Waals surface area contributed by atoms with E-state index in [0.717, 1.165) is 5.75 Å². The molecule has 124 valence electrons. The molecule has 3 aromatic carbocycles. The van der Waals surface area contributed by atoms with Gasteiger partial charge >= 0.3 is 0 Å². The quantitative estimate of drug-likeness (QED) is 0.602. The van der Waals surface area contributed by atoms with E-state index in [0.29, 0.717) is 0 Å². The SMILES string of the molecule is COc1ccc(C2C=CN(c3ccccc3)c3cccc(C)c32)cc1. The van der Waals surface area contributed by atoms with Crippen molar-refractivity contribution in [2.45, 2.75) is 12.8 Å². The van der Waals surface area contributed by atoms with Crippen molar-refractivity contribution in [3.63, 3.8) is 0 Å². The van der Waals surface area contributed by atoms with Crippen molar-refractivity contribution in [3.05, 3.63) is 102 Å². The van der Waals surface area contributed by atoms with E-state index in [1.807, 2.05) is 12.1 Å². The van der Waals surface area contributed by atoms with Crippen LogP contribution in [0.15, 0.2) is 85.1 Å². The van der Waals surface area contributed by atoms with Gasteiger partial charge in [0.1, 0.15) is 5.75 Å². The van der Waals surface area contributed by atoms with Crippen LogP contribution in [0.4, 0.5) is 11.4 Å². The van der Waals surface area contributed by atoms with Crippen molar-refractivity contribution in [2.24, 2.45) is 0 Å². The van der Waals surface area contributed by atoms with Gasteiger partial charge in [-0.1, -0.05) is 48.5 Å². The second-order valence-corrected chi connectivity index (χ2v) is 6.31. The van der Waals surface area contributed by atoms with Crippen LogP contribution in [0.2, 0.25) is 0 Å². The largest absolute Gasteiger partial charge is 0.497 e. The molecule has 3 aromatic rings. The molecule has 2 heteroatoms. The maximum Gasteiger partial charge on any atom is 0.118 e. The Morgan fingerprint density at radius 1 is 0.840 bits per heavy atom. The van der Waals surface area contributed by atoms with Gasteiger partial charge in [-0.25, -0.2) is 0 Å². The number of ether oxygens (including phenoxy) is 1. The van der Waals surface area contributed by atoms with E-state index in [1.54, 1.807) is 7.11 Å². The first-order valence-electron chi connectivity index (χ1n) is 8.54. The van der Waals surface area contributed by atoms with Gasteiger partial charge in [0.05, 0.1) is 7.11 Å². The fourth-order valence-corrected chi connectivity index (χ4v) is 3.53. The molecule has 1 heterocycles. The molecular weight excluding hydrogens is 306 g/mol. The Hall–Kier alpha value is -3.00. The van der Waals surface area contributed by atoms with E-state index < -0.39 is 0 Å². The lowest BCUT2D eigenvalue weighted by Crippen LogP contribution is -2.18. The predicted octanol–water partition coefficient (Wildman–Crippen LogP) is 5.80. The minimum Gasteiger partial charge on any atom is -0.497 e. The van der Waals surface area contributed by atoms with Gasteiger partial charge in [-0.05, 0) is 53.9 Å². The van der Waals surface area contributed by atoms with Crippen LogP contribution in [0.3, 0.4) is 0 Å². The molecule has 1 atom stereocenters. The lowest BCUT2D eigenvalue weighted by atomic mass is 9.85. The fourth-order valence-electron chi connectivity index (χ4n) is 3.53. The van der Waals surface area contributed by atoms with E-state index >= 15 is 0 Å². The molecule has 0 aliphatic carbocycles. The van der Waals surface area contributed by atoms with Crippen molar-refractivity contribution in [1.82, 2.24) is 0 Å². The van der Waals surface area contributed by atoms with E-state index in [9.17, 15) is 0 Å². The highest BCUT2D eigenvalue weighted by Gasteiger charge is 2.24. The number of hydrogen-bond acceptors (Lipinski definition) is 2. The molecule has 1 unspecified atom stereocenters. The maximum atomic E-state index is 5.30. The first-order valence-corrected chi connectivity index (χ1v) is 8.54. The minimum atomic E-state index is 0.252. The van der Waals surface area contributed by atoms with Crippen LogP contribution >= 0.6 is 0 Å². The van der Waals surface area contributed by atoms with Crippen LogP contribution in [-0.4, -0.2) is 7.11 Å². The summed E-state index contributed by atoms with van der Waals surface area (Å²) in [5, 5.41) is 0. The molecule has 0 amide bonds. The van der Waals surface area contributed by atoms with Gasteiger partial charge in [-0.15, -0.1) is 0 Å². The van der Waals surface area contributed by atoms with E-state index in [1.165, 1.54) is 28.1 Å². The summed E-state index contributed by atoms with van der Waals surface area (Å²) in [5.74, 6) is 1.14. The standard InChI is InChI=1S/C23H21NO/c1-17-7-6-10-22-23(17)21(18-11-13-20(25-2)14-12-18)15-16-24(22)19-8-4-3-5-9-19/h3-16,21H,1-2H3. The van der Waals surface area contributed by atoms with Gasteiger partial charge in [0.15, 0.2) is 0 Å². The van der Waals surface area contributed by atoms with Crippen molar-refractivity contribution >= 4 is 11.4 Å². The summed E-state index contributed by atoms with van der Waals surface area (Å²) in [6.07, 6.45) is 4.47.